The highest BCUT2D eigenvalue weighted by molar-refractivity contribution is 7.97. The number of rotatable bonds is 5. The van der Waals surface area contributed by atoms with Gasteiger partial charge in [0.25, 0.3) is 0 Å². The Morgan fingerprint density at radius 1 is 1.15 bits per heavy atom. The van der Waals surface area contributed by atoms with Crippen molar-refractivity contribution in [1.82, 2.24) is 19.7 Å². The van der Waals surface area contributed by atoms with Crippen LogP contribution in [0.25, 0.3) is 11.0 Å². The van der Waals surface area contributed by atoms with Gasteiger partial charge in [0, 0.05) is 24.2 Å². The number of aromatic amines is 1. The molecule has 3 heterocycles. The van der Waals surface area contributed by atoms with Gasteiger partial charge in [-0.15, -0.1) is 0 Å². The lowest BCUT2D eigenvalue weighted by molar-refractivity contribution is 0.280. The minimum Gasteiger partial charge on any atom is -0.370 e. The van der Waals surface area contributed by atoms with E-state index < -0.39 is 0 Å². The summed E-state index contributed by atoms with van der Waals surface area (Å²) in [6.07, 6.45) is 5.89. The molecule has 0 amide bonds. The Morgan fingerprint density at radius 2 is 1.96 bits per heavy atom. The first kappa shape index (κ1) is 18.1. The Labute approximate surface area is 164 Å². The van der Waals surface area contributed by atoms with Gasteiger partial charge in [0.2, 0.25) is 0 Å². The average Bonchev–Trinajstić information content (AvgIpc) is 3.13. The first-order valence-corrected chi connectivity index (χ1v) is 10.2. The van der Waals surface area contributed by atoms with E-state index in [1.807, 2.05) is 19.3 Å². The number of nitrogens with zero attached hydrogens (tertiary/aromatic N) is 3. The van der Waals surface area contributed by atoms with Gasteiger partial charge in [-0.05, 0) is 61.5 Å². The maximum atomic E-state index is 4.48. The van der Waals surface area contributed by atoms with Crippen molar-refractivity contribution in [3.63, 3.8) is 0 Å². The molecule has 7 heteroatoms. The molecule has 0 spiro atoms. The Kier molecular flexibility index (Phi) is 4.97. The summed E-state index contributed by atoms with van der Waals surface area (Å²) in [5.41, 5.74) is 3.58. The SMILES string of the molecule is CNSc1ccc(N2CCC(C)(C)CC2)c(Nc2ncnc3[nH]ccc23)c1. The molecule has 0 radical (unpaired) electrons. The zero-order valence-electron chi connectivity index (χ0n) is 16.0. The largest absolute Gasteiger partial charge is 0.370 e. The molecule has 4 rings (SSSR count). The van der Waals surface area contributed by atoms with Gasteiger partial charge in [-0.1, -0.05) is 13.8 Å². The van der Waals surface area contributed by atoms with Gasteiger partial charge in [0.05, 0.1) is 16.8 Å². The van der Waals surface area contributed by atoms with Crippen molar-refractivity contribution < 1.29 is 0 Å². The number of hydrogen-bond acceptors (Lipinski definition) is 6. The second kappa shape index (κ2) is 7.40. The van der Waals surface area contributed by atoms with E-state index in [9.17, 15) is 0 Å². The summed E-state index contributed by atoms with van der Waals surface area (Å²) in [4.78, 5) is 15.6. The molecule has 142 valence electrons. The highest BCUT2D eigenvalue weighted by Crippen LogP contribution is 2.38. The predicted molar refractivity (Wildman–Crippen MR) is 114 cm³/mol. The molecule has 27 heavy (non-hydrogen) atoms. The van der Waals surface area contributed by atoms with Crippen LogP contribution in [-0.2, 0) is 0 Å². The van der Waals surface area contributed by atoms with Crippen LogP contribution in [0.2, 0.25) is 0 Å². The third kappa shape index (κ3) is 3.89. The first-order chi connectivity index (χ1) is 13.1. The van der Waals surface area contributed by atoms with Crippen LogP contribution >= 0.6 is 11.9 Å². The number of H-pyrrole nitrogens is 1. The topological polar surface area (TPSA) is 68.9 Å². The summed E-state index contributed by atoms with van der Waals surface area (Å²) in [5.74, 6) is 0.825. The molecule has 1 fully saturated rings. The number of hydrogen-bond donors (Lipinski definition) is 3. The highest BCUT2D eigenvalue weighted by atomic mass is 32.2. The fourth-order valence-electron chi connectivity index (χ4n) is 3.52. The van der Waals surface area contributed by atoms with Crippen molar-refractivity contribution in [3.8, 4) is 0 Å². The Bertz CT molecular complexity index is 925. The third-order valence-electron chi connectivity index (χ3n) is 5.25. The van der Waals surface area contributed by atoms with Crippen molar-refractivity contribution in [2.75, 3.05) is 30.4 Å². The molecule has 0 saturated carbocycles. The van der Waals surface area contributed by atoms with E-state index in [1.165, 1.54) is 23.4 Å². The van der Waals surface area contributed by atoms with E-state index in [-0.39, 0.29) is 0 Å². The van der Waals surface area contributed by atoms with Gasteiger partial charge < -0.3 is 15.2 Å². The normalized spacial score (nSPS) is 16.6. The zero-order valence-corrected chi connectivity index (χ0v) is 16.9. The maximum absolute atomic E-state index is 4.48. The molecule has 1 saturated heterocycles. The summed E-state index contributed by atoms with van der Waals surface area (Å²) < 4.78 is 3.15. The quantitative estimate of drug-likeness (QED) is 0.562. The van der Waals surface area contributed by atoms with Crippen LogP contribution in [-0.4, -0.2) is 35.1 Å². The molecule has 2 aromatic heterocycles. The number of fused-ring (bicyclic) bond motifs is 1. The molecule has 0 unspecified atom stereocenters. The fourth-order valence-corrected chi connectivity index (χ4v) is 4.07. The highest BCUT2D eigenvalue weighted by Gasteiger charge is 2.26. The Balaban J connectivity index is 1.69. The monoisotopic (exact) mass is 382 g/mol. The van der Waals surface area contributed by atoms with Gasteiger partial charge in [0.15, 0.2) is 0 Å². The molecular formula is C20H26N6S. The Morgan fingerprint density at radius 3 is 2.74 bits per heavy atom. The molecule has 0 bridgehead atoms. The smallest absolute Gasteiger partial charge is 0.143 e. The summed E-state index contributed by atoms with van der Waals surface area (Å²) >= 11 is 1.61. The van der Waals surface area contributed by atoms with Gasteiger partial charge in [-0.2, -0.15) is 0 Å². The second-order valence-corrected chi connectivity index (χ2v) is 8.81. The minimum atomic E-state index is 0.427. The molecule has 0 aliphatic carbocycles. The van der Waals surface area contributed by atoms with E-state index >= 15 is 0 Å². The summed E-state index contributed by atoms with van der Waals surface area (Å²) in [6.45, 7) is 6.87. The standard InChI is InChI=1S/C20H26N6S/c1-20(2)7-10-26(11-8-20)17-5-4-14(27-21-3)12-16(17)25-19-15-6-9-22-18(15)23-13-24-19/h4-6,9,12-13,21H,7-8,10-11H2,1-3H3,(H2,22,23,24,25). The van der Waals surface area contributed by atoms with Crippen molar-refractivity contribution in [2.24, 2.45) is 5.41 Å². The molecule has 1 aromatic carbocycles. The number of piperidine rings is 1. The van der Waals surface area contributed by atoms with Crippen molar-refractivity contribution in [3.05, 3.63) is 36.8 Å². The van der Waals surface area contributed by atoms with Crippen molar-refractivity contribution >= 4 is 40.2 Å². The lowest BCUT2D eigenvalue weighted by Crippen LogP contribution is -2.37. The summed E-state index contributed by atoms with van der Waals surface area (Å²) in [6, 6.07) is 8.59. The molecule has 3 aromatic rings. The molecule has 1 aliphatic heterocycles. The van der Waals surface area contributed by atoms with E-state index in [2.05, 4.69) is 61.9 Å². The average molecular weight is 383 g/mol. The molecular weight excluding hydrogens is 356 g/mol. The van der Waals surface area contributed by atoms with Crippen LogP contribution in [0.3, 0.4) is 0 Å². The molecule has 3 N–H and O–H groups in total. The minimum absolute atomic E-state index is 0.427. The van der Waals surface area contributed by atoms with E-state index in [1.54, 1.807) is 18.3 Å². The van der Waals surface area contributed by atoms with Crippen LogP contribution in [0.4, 0.5) is 17.2 Å². The zero-order chi connectivity index (χ0) is 18.9. The van der Waals surface area contributed by atoms with E-state index in [0.29, 0.717) is 5.41 Å². The Hall–Kier alpha value is -2.25. The van der Waals surface area contributed by atoms with Gasteiger partial charge >= 0.3 is 0 Å². The predicted octanol–water partition coefficient (Wildman–Crippen LogP) is 4.55. The van der Waals surface area contributed by atoms with Crippen LogP contribution in [0.1, 0.15) is 26.7 Å². The lowest BCUT2D eigenvalue weighted by atomic mass is 9.82. The molecule has 1 aliphatic rings. The van der Waals surface area contributed by atoms with Gasteiger partial charge in [-0.3, -0.25) is 4.72 Å². The maximum Gasteiger partial charge on any atom is 0.143 e. The number of anilines is 3. The fraction of sp³-hybridized carbons (Fsp3) is 0.400. The summed E-state index contributed by atoms with van der Waals surface area (Å²) in [5, 5.41) is 4.56. The summed E-state index contributed by atoms with van der Waals surface area (Å²) in [7, 11) is 1.94. The van der Waals surface area contributed by atoms with E-state index in [0.717, 1.165) is 35.6 Å². The number of benzene rings is 1. The van der Waals surface area contributed by atoms with Crippen LogP contribution in [0, 0.1) is 5.41 Å². The lowest BCUT2D eigenvalue weighted by Gasteiger charge is -2.39. The number of nitrogens with one attached hydrogen (secondary N) is 3. The van der Waals surface area contributed by atoms with Crippen molar-refractivity contribution in [2.45, 2.75) is 31.6 Å². The second-order valence-electron chi connectivity index (χ2n) is 7.72. The first-order valence-electron chi connectivity index (χ1n) is 9.33. The molecule has 0 atom stereocenters. The van der Waals surface area contributed by atoms with Gasteiger partial charge in [-0.25, -0.2) is 9.97 Å². The van der Waals surface area contributed by atoms with Crippen molar-refractivity contribution in [1.29, 1.82) is 0 Å². The van der Waals surface area contributed by atoms with Crippen LogP contribution < -0.4 is 14.9 Å². The molecule has 6 nitrogen and oxygen atoms in total. The van der Waals surface area contributed by atoms with Gasteiger partial charge in [0.1, 0.15) is 17.8 Å². The number of aromatic nitrogens is 3. The van der Waals surface area contributed by atoms with Crippen LogP contribution in [0.5, 0.6) is 0 Å². The third-order valence-corrected chi connectivity index (χ3v) is 5.95. The van der Waals surface area contributed by atoms with E-state index in [4.69, 9.17) is 0 Å². The van der Waals surface area contributed by atoms with Crippen LogP contribution in [0.15, 0.2) is 41.7 Å².